The Balaban J connectivity index is 2.39. The van der Waals surface area contributed by atoms with E-state index in [0.29, 0.717) is 18.8 Å². The van der Waals surface area contributed by atoms with Crippen molar-refractivity contribution >= 4 is 9.84 Å². The number of hydrogen-bond acceptors (Lipinski definition) is 3. The Morgan fingerprint density at radius 1 is 1.40 bits per heavy atom. The van der Waals surface area contributed by atoms with E-state index in [2.05, 4.69) is 13.8 Å². The zero-order valence-electron chi connectivity index (χ0n) is 12.5. The lowest BCUT2D eigenvalue weighted by Crippen LogP contribution is -2.39. The van der Waals surface area contributed by atoms with Crippen molar-refractivity contribution in [1.29, 1.82) is 0 Å². The first-order valence-electron chi connectivity index (χ1n) is 7.24. The van der Waals surface area contributed by atoms with Gasteiger partial charge in [0.2, 0.25) is 0 Å². The van der Waals surface area contributed by atoms with Gasteiger partial charge < -0.3 is 5.11 Å². The number of hydrogen-bond donors (Lipinski definition) is 1. The normalized spacial score (nSPS) is 27.1. The number of sulfone groups is 1. The van der Waals surface area contributed by atoms with Gasteiger partial charge in [-0.2, -0.15) is 0 Å². The molecular weight excluding hydrogens is 272 g/mol. The lowest BCUT2D eigenvalue weighted by atomic mass is 9.89. The van der Waals surface area contributed by atoms with E-state index in [-0.39, 0.29) is 0 Å². The summed E-state index contributed by atoms with van der Waals surface area (Å²) in [7, 11) is -3.24. The van der Waals surface area contributed by atoms with Crippen molar-refractivity contribution in [3.63, 3.8) is 0 Å². The van der Waals surface area contributed by atoms with Gasteiger partial charge in [-0.1, -0.05) is 38.1 Å². The summed E-state index contributed by atoms with van der Waals surface area (Å²) in [6, 6.07) is 7.79. The molecule has 0 aromatic heterocycles. The maximum absolute atomic E-state index is 11.9. The largest absolute Gasteiger partial charge is 0.384 e. The van der Waals surface area contributed by atoms with Gasteiger partial charge in [0, 0.05) is 6.26 Å². The first kappa shape index (κ1) is 15.5. The van der Waals surface area contributed by atoms with E-state index in [1.54, 1.807) is 0 Å². The molecule has 1 aromatic rings. The van der Waals surface area contributed by atoms with E-state index < -0.39 is 20.7 Å². The number of benzene rings is 1. The predicted octanol–water partition coefficient (Wildman–Crippen LogP) is 2.67. The van der Waals surface area contributed by atoms with Crippen LogP contribution in [0.2, 0.25) is 0 Å². The smallest absolute Gasteiger partial charge is 0.153 e. The molecule has 0 aliphatic heterocycles. The summed E-state index contributed by atoms with van der Waals surface area (Å²) in [6.07, 6.45) is 3.99. The van der Waals surface area contributed by atoms with Gasteiger partial charge in [-0.05, 0) is 42.7 Å². The molecule has 1 saturated carbocycles. The van der Waals surface area contributed by atoms with Crippen LogP contribution in [0, 0.1) is 5.92 Å². The van der Waals surface area contributed by atoms with E-state index in [9.17, 15) is 13.5 Å². The lowest BCUT2D eigenvalue weighted by Gasteiger charge is -2.30. The Hall–Kier alpha value is -0.870. The van der Waals surface area contributed by atoms with Crippen molar-refractivity contribution in [2.24, 2.45) is 5.92 Å². The first-order valence-corrected chi connectivity index (χ1v) is 9.19. The summed E-state index contributed by atoms with van der Waals surface area (Å²) in [5.74, 6) is 0.536. The van der Waals surface area contributed by atoms with Gasteiger partial charge in [-0.3, -0.25) is 0 Å². The second-order valence-corrected chi connectivity index (χ2v) is 8.66. The molecular formula is C16H24O3S. The molecule has 0 heterocycles. The Morgan fingerprint density at radius 3 is 2.70 bits per heavy atom. The minimum Gasteiger partial charge on any atom is -0.384 e. The summed E-state index contributed by atoms with van der Waals surface area (Å²) in [4.78, 5) is 0. The van der Waals surface area contributed by atoms with Crippen LogP contribution in [0.4, 0.5) is 0 Å². The molecule has 20 heavy (non-hydrogen) atoms. The fourth-order valence-electron chi connectivity index (χ4n) is 3.29. The Morgan fingerprint density at radius 2 is 2.10 bits per heavy atom. The van der Waals surface area contributed by atoms with Crippen molar-refractivity contribution in [1.82, 2.24) is 0 Å². The van der Waals surface area contributed by atoms with Crippen LogP contribution in [-0.2, 0) is 21.9 Å². The molecule has 0 amide bonds. The van der Waals surface area contributed by atoms with Gasteiger partial charge in [-0.25, -0.2) is 8.42 Å². The molecule has 3 nitrogen and oxygen atoms in total. The van der Waals surface area contributed by atoms with E-state index in [0.717, 1.165) is 24.0 Å². The molecule has 0 saturated heterocycles. The Bertz CT molecular complexity index is 577. The highest BCUT2D eigenvalue weighted by molar-refractivity contribution is 7.91. The molecule has 1 aliphatic carbocycles. The molecule has 2 rings (SSSR count). The van der Waals surface area contributed by atoms with Crippen molar-refractivity contribution in [2.45, 2.75) is 50.4 Å². The van der Waals surface area contributed by atoms with Crippen LogP contribution in [0.25, 0.3) is 0 Å². The zero-order valence-corrected chi connectivity index (χ0v) is 13.3. The van der Waals surface area contributed by atoms with Crippen molar-refractivity contribution in [3.05, 3.63) is 35.4 Å². The van der Waals surface area contributed by atoms with Crippen LogP contribution in [0.1, 0.15) is 44.2 Å². The monoisotopic (exact) mass is 296 g/mol. The highest BCUT2D eigenvalue weighted by Gasteiger charge is 2.47. The summed E-state index contributed by atoms with van der Waals surface area (Å²) in [5, 5.41) is 10.3. The van der Waals surface area contributed by atoms with Gasteiger partial charge >= 0.3 is 0 Å². The molecule has 0 radical (unpaired) electrons. The highest BCUT2D eigenvalue weighted by Crippen LogP contribution is 2.42. The molecule has 0 spiro atoms. The SMILES string of the molecule is CC(C)Cc1cccc(C2(O)CCCC2S(C)(=O)=O)c1. The van der Waals surface area contributed by atoms with Gasteiger partial charge in [0.1, 0.15) is 5.60 Å². The third-order valence-corrected chi connectivity index (χ3v) is 5.80. The lowest BCUT2D eigenvalue weighted by molar-refractivity contribution is 0.0476. The maximum atomic E-state index is 11.9. The number of rotatable bonds is 4. The van der Waals surface area contributed by atoms with Crippen LogP contribution in [0.5, 0.6) is 0 Å². The van der Waals surface area contributed by atoms with Crippen molar-refractivity contribution in [3.8, 4) is 0 Å². The first-order chi connectivity index (χ1) is 9.23. The molecule has 4 heteroatoms. The molecule has 1 fully saturated rings. The van der Waals surface area contributed by atoms with Gasteiger partial charge in [0.05, 0.1) is 5.25 Å². The highest BCUT2D eigenvalue weighted by atomic mass is 32.2. The second kappa shape index (κ2) is 5.49. The summed E-state index contributed by atoms with van der Waals surface area (Å²) in [5.41, 5.74) is 0.689. The molecule has 2 atom stereocenters. The summed E-state index contributed by atoms with van der Waals surface area (Å²) in [6.45, 7) is 4.30. The predicted molar refractivity (Wildman–Crippen MR) is 81.4 cm³/mol. The van der Waals surface area contributed by atoms with E-state index in [1.165, 1.54) is 6.26 Å². The maximum Gasteiger partial charge on any atom is 0.153 e. The van der Waals surface area contributed by atoms with Crippen LogP contribution in [0.15, 0.2) is 24.3 Å². The van der Waals surface area contributed by atoms with Gasteiger partial charge in [0.15, 0.2) is 9.84 Å². The van der Waals surface area contributed by atoms with Crippen LogP contribution >= 0.6 is 0 Å². The van der Waals surface area contributed by atoms with Crippen molar-refractivity contribution in [2.75, 3.05) is 6.26 Å². The third kappa shape index (κ3) is 3.07. The molecule has 0 bridgehead atoms. The zero-order chi connectivity index (χ0) is 15.0. The van der Waals surface area contributed by atoms with E-state index in [4.69, 9.17) is 0 Å². The van der Waals surface area contributed by atoms with Gasteiger partial charge in [0.25, 0.3) is 0 Å². The number of aliphatic hydroxyl groups is 1. The molecule has 112 valence electrons. The molecule has 1 aromatic carbocycles. The Kier molecular flexibility index (Phi) is 4.26. The minimum absolute atomic E-state index is 0.524. The minimum atomic E-state index is -3.24. The van der Waals surface area contributed by atoms with Crippen LogP contribution in [-0.4, -0.2) is 25.0 Å². The molecule has 1 N–H and O–H groups in total. The second-order valence-electron chi connectivity index (χ2n) is 6.43. The standard InChI is InChI=1S/C16H24O3S/c1-12(2)10-13-6-4-7-14(11-13)16(17)9-5-8-15(16)20(3,18)19/h4,6-7,11-12,15,17H,5,8-10H2,1-3H3. The van der Waals surface area contributed by atoms with E-state index >= 15 is 0 Å². The van der Waals surface area contributed by atoms with Crippen LogP contribution < -0.4 is 0 Å². The molecule has 1 aliphatic rings. The van der Waals surface area contributed by atoms with Gasteiger partial charge in [-0.15, -0.1) is 0 Å². The fourth-order valence-corrected chi connectivity index (χ4v) is 4.85. The van der Waals surface area contributed by atoms with E-state index in [1.807, 2.05) is 24.3 Å². The van der Waals surface area contributed by atoms with Crippen LogP contribution in [0.3, 0.4) is 0 Å². The quantitative estimate of drug-likeness (QED) is 0.929. The fraction of sp³-hybridized carbons (Fsp3) is 0.625. The third-order valence-electron chi connectivity index (χ3n) is 4.14. The topological polar surface area (TPSA) is 54.4 Å². The summed E-state index contributed by atoms with van der Waals surface area (Å²) >= 11 is 0. The van der Waals surface area contributed by atoms with Crippen molar-refractivity contribution < 1.29 is 13.5 Å². The average molecular weight is 296 g/mol. The average Bonchev–Trinajstić information content (AvgIpc) is 2.72. The summed E-state index contributed by atoms with van der Waals surface area (Å²) < 4.78 is 23.9. The Labute approximate surface area is 121 Å². The molecule has 2 unspecified atom stereocenters.